The number of allylic oxidation sites excluding steroid dienone is 2. The Labute approximate surface area is 115 Å². The number of anilines is 1. The van der Waals surface area contributed by atoms with Crippen LogP contribution in [-0.2, 0) is 11.3 Å². The van der Waals surface area contributed by atoms with Gasteiger partial charge in [0.05, 0.1) is 0 Å². The smallest absolute Gasteiger partial charge is 0.227 e. The van der Waals surface area contributed by atoms with Gasteiger partial charge in [-0.15, -0.1) is 0 Å². The van der Waals surface area contributed by atoms with E-state index in [1.807, 2.05) is 32.3 Å². The van der Waals surface area contributed by atoms with Crippen molar-refractivity contribution in [2.45, 2.75) is 25.8 Å². The standard InChI is InChI=1S/C16H22N2O/c1-18(2)12-14-10-6-7-11-15(14)17-16(19)13-8-4-3-5-9-13/h3-4,6-7,10-11,13H,5,8-9,12H2,1-2H3,(H,17,19)/t13-/m1/s1. The second-order valence-electron chi connectivity index (χ2n) is 5.37. The maximum atomic E-state index is 12.2. The van der Waals surface area contributed by atoms with Crippen LogP contribution in [0.1, 0.15) is 24.8 Å². The van der Waals surface area contributed by atoms with Gasteiger partial charge in [0.2, 0.25) is 5.91 Å². The van der Waals surface area contributed by atoms with E-state index in [1.54, 1.807) is 0 Å². The highest BCUT2D eigenvalue weighted by Gasteiger charge is 2.19. The molecule has 19 heavy (non-hydrogen) atoms. The topological polar surface area (TPSA) is 32.3 Å². The largest absolute Gasteiger partial charge is 0.326 e. The summed E-state index contributed by atoms with van der Waals surface area (Å²) in [5, 5.41) is 3.09. The van der Waals surface area contributed by atoms with E-state index in [-0.39, 0.29) is 11.8 Å². The average Bonchev–Trinajstić information content (AvgIpc) is 2.41. The van der Waals surface area contributed by atoms with Gasteiger partial charge >= 0.3 is 0 Å². The van der Waals surface area contributed by atoms with Crippen LogP contribution in [0.15, 0.2) is 36.4 Å². The fourth-order valence-electron chi connectivity index (χ4n) is 2.39. The number of hydrogen-bond donors (Lipinski definition) is 1. The molecule has 0 aromatic heterocycles. The zero-order valence-corrected chi connectivity index (χ0v) is 11.7. The van der Waals surface area contributed by atoms with Crippen LogP contribution in [0.5, 0.6) is 0 Å². The van der Waals surface area contributed by atoms with Gasteiger partial charge in [-0.1, -0.05) is 30.4 Å². The minimum absolute atomic E-state index is 0.123. The van der Waals surface area contributed by atoms with Gasteiger partial charge in [-0.2, -0.15) is 0 Å². The monoisotopic (exact) mass is 258 g/mol. The fraction of sp³-hybridized carbons (Fsp3) is 0.438. The summed E-state index contributed by atoms with van der Waals surface area (Å²) in [6.07, 6.45) is 7.10. The lowest BCUT2D eigenvalue weighted by Gasteiger charge is -2.19. The van der Waals surface area contributed by atoms with Crippen molar-refractivity contribution in [3.05, 3.63) is 42.0 Å². The molecule has 3 nitrogen and oxygen atoms in total. The maximum Gasteiger partial charge on any atom is 0.227 e. The molecule has 0 fully saturated rings. The first-order chi connectivity index (χ1) is 9.16. The first-order valence-electron chi connectivity index (χ1n) is 6.85. The Morgan fingerprint density at radius 1 is 1.32 bits per heavy atom. The summed E-state index contributed by atoms with van der Waals surface area (Å²) >= 11 is 0. The lowest BCUT2D eigenvalue weighted by Crippen LogP contribution is -2.24. The molecule has 2 rings (SSSR count). The van der Waals surface area contributed by atoms with Crippen molar-refractivity contribution < 1.29 is 4.79 Å². The van der Waals surface area contributed by atoms with Gasteiger partial charge < -0.3 is 10.2 Å². The molecule has 0 radical (unpaired) electrons. The molecule has 0 unspecified atom stereocenters. The van der Waals surface area contributed by atoms with Crippen LogP contribution in [-0.4, -0.2) is 24.9 Å². The molecule has 1 aromatic carbocycles. The van der Waals surface area contributed by atoms with E-state index in [0.29, 0.717) is 0 Å². The lowest BCUT2D eigenvalue weighted by atomic mass is 9.93. The highest BCUT2D eigenvalue weighted by Crippen LogP contribution is 2.22. The van der Waals surface area contributed by atoms with Gasteiger partial charge in [-0.25, -0.2) is 0 Å². The SMILES string of the molecule is CN(C)Cc1ccccc1NC(=O)[C@@H]1CC=CCC1. The van der Waals surface area contributed by atoms with Crippen molar-refractivity contribution in [3.63, 3.8) is 0 Å². The van der Waals surface area contributed by atoms with Crippen LogP contribution in [0.3, 0.4) is 0 Å². The van der Waals surface area contributed by atoms with Crippen molar-refractivity contribution >= 4 is 11.6 Å². The van der Waals surface area contributed by atoms with Crippen molar-refractivity contribution in [1.29, 1.82) is 0 Å². The van der Waals surface area contributed by atoms with Crippen LogP contribution < -0.4 is 5.32 Å². The molecule has 1 aliphatic rings. The normalized spacial score (nSPS) is 18.6. The Morgan fingerprint density at radius 3 is 2.79 bits per heavy atom. The van der Waals surface area contributed by atoms with E-state index in [1.165, 1.54) is 0 Å². The van der Waals surface area contributed by atoms with E-state index >= 15 is 0 Å². The highest BCUT2D eigenvalue weighted by molar-refractivity contribution is 5.93. The predicted molar refractivity (Wildman–Crippen MR) is 78.9 cm³/mol. The average molecular weight is 258 g/mol. The number of hydrogen-bond acceptors (Lipinski definition) is 2. The minimum atomic E-state index is 0.123. The number of para-hydroxylation sites is 1. The maximum absolute atomic E-state index is 12.2. The second-order valence-corrected chi connectivity index (χ2v) is 5.37. The molecule has 0 heterocycles. The quantitative estimate of drug-likeness (QED) is 0.842. The Kier molecular flexibility index (Phi) is 4.74. The minimum Gasteiger partial charge on any atom is -0.326 e. The van der Waals surface area contributed by atoms with Crippen molar-refractivity contribution in [2.24, 2.45) is 5.92 Å². The zero-order valence-electron chi connectivity index (χ0n) is 11.7. The molecular weight excluding hydrogens is 236 g/mol. The third-order valence-corrected chi connectivity index (χ3v) is 3.40. The summed E-state index contributed by atoms with van der Waals surface area (Å²) in [5.74, 6) is 0.271. The Bertz CT molecular complexity index is 466. The lowest BCUT2D eigenvalue weighted by molar-refractivity contribution is -0.120. The molecule has 0 saturated heterocycles. The van der Waals surface area contributed by atoms with Crippen LogP contribution in [0.25, 0.3) is 0 Å². The molecule has 1 aliphatic carbocycles. The first-order valence-corrected chi connectivity index (χ1v) is 6.85. The number of carbonyl (C=O) groups excluding carboxylic acids is 1. The summed E-state index contributed by atoms with van der Waals surface area (Å²) in [6, 6.07) is 8.03. The molecule has 1 amide bonds. The number of benzene rings is 1. The highest BCUT2D eigenvalue weighted by atomic mass is 16.1. The summed E-state index contributed by atoms with van der Waals surface area (Å²) in [5.41, 5.74) is 2.10. The molecule has 102 valence electrons. The summed E-state index contributed by atoms with van der Waals surface area (Å²) in [6.45, 7) is 0.834. The molecule has 0 saturated carbocycles. The Morgan fingerprint density at radius 2 is 2.11 bits per heavy atom. The van der Waals surface area contributed by atoms with E-state index in [9.17, 15) is 4.79 Å². The van der Waals surface area contributed by atoms with E-state index in [2.05, 4.69) is 28.4 Å². The number of carbonyl (C=O) groups is 1. The fourth-order valence-corrected chi connectivity index (χ4v) is 2.39. The third-order valence-electron chi connectivity index (χ3n) is 3.40. The molecule has 0 aliphatic heterocycles. The molecule has 3 heteroatoms. The molecule has 0 bridgehead atoms. The Hall–Kier alpha value is -1.61. The summed E-state index contributed by atoms with van der Waals surface area (Å²) < 4.78 is 0. The predicted octanol–water partition coefficient (Wildman–Crippen LogP) is 3.04. The second kappa shape index (κ2) is 6.53. The van der Waals surface area contributed by atoms with Gasteiger partial charge in [-0.3, -0.25) is 4.79 Å². The number of nitrogens with one attached hydrogen (secondary N) is 1. The summed E-state index contributed by atoms with van der Waals surface area (Å²) in [7, 11) is 4.06. The van der Waals surface area contributed by atoms with E-state index in [0.717, 1.165) is 37.1 Å². The number of nitrogens with zero attached hydrogens (tertiary/aromatic N) is 1. The van der Waals surface area contributed by atoms with Gasteiger partial charge in [0.25, 0.3) is 0 Å². The van der Waals surface area contributed by atoms with Crippen molar-refractivity contribution in [1.82, 2.24) is 4.90 Å². The van der Waals surface area contributed by atoms with Crippen LogP contribution in [0, 0.1) is 5.92 Å². The van der Waals surface area contributed by atoms with Crippen LogP contribution >= 0.6 is 0 Å². The van der Waals surface area contributed by atoms with Crippen molar-refractivity contribution in [2.75, 3.05) is 19.4 Å². The van der Waals surface area contributed by atoms with E-state index < -0.39 is 0 Å². The van der Waals surface area contributed by atoms with Gasteiger partial charge in [0.15, 0.2) is 0 Å². The number of rotatable bonds is 4. The first kappa shape index (κ1) is 13.8. The molecular formula is C16H22N2O. The van der Waals surface area contributed by atoms with Crippen LogP contribution in [0.4, 0.5) is 5.69 Å². The third kappa shape index (κ3) is 3.93. The van der Waals surface area contributed by atoms with Crippen molar-refractivity contribution in [3.8, 4) is 0 Å². The van der Waals surface area contributed by atoms with Gasteiger partial charge in [-0.05, 0) is 45.0 Å². The van der Waals surface area contributed by atoms with Gasteiger partial charge in [0, 0.05) is 18.2 Å². The number of amides is 1. The molecule has 1 atom stereocenters. The molecule has 0 spiro atoms. The molecule has 1 N–H and O–H groups in total. The van der Waals surface area contributed by atoms with Crippen LogP contribution in [0.2, 0.25) is 0 Å². The zero-order chi connectivity index (χ0) is 13.7. The van der Waals surface area contributed by atoms with Gasteiger partial charge in [0.1, 0.15) is 0 Å². The Balaban J connectivity index is 2.05. The summed E-state index contributed by atoms with van der Waals surface area (Å²) in [4.78, 5) is 14.4. The van der Waals surface area contributed by atoms with E-state index in [4.69, 9.17) is 0 Å². The molecule has 1 aromatic rings.